The van der Waals surface area contributed by atoms with E-state index >= 15 is 0 Å². The maximum atomic E-state index is 12.1. The zero-order chi connectivity index (χ0) is 13.9. The molecule has 1 aromatic carbocycles. The van der Waals surface area contributed by atoms with Crippen molar-refractivity contribution < 1.29 is 8.42 Å². The van der Waals surface area contributed by atoms with Gasteiger partial charge in [-0.05, 0) is 34.1 Å². The third-order valence-electron chi connectivity index (χ3n) is 2.72. The molecule has 2 aromatic rings. The molecule has 19 heavy (non-hydrogen) atoms. The molecule has 102 valence electrons. The Hall–Kier alpha value is -1.18. The molecule has 1 heterocycles. The Balaban J connectivity index is 2.03. The summed E-state index contributed by atoms with van der Waals surface area (Å²) in [6.07, 6.45) is 2.29. The highest BCUT2D eigenvalue weighted by Crippen LogP contribution is 2.20. The summed E-state index contributed by atoms with van der Waals surface area (Å²) >= 11 is 3.24. The largest absolute Gasteiger partial charge is 0.273 e. The number of halogens is 1. The van der Waals surface area contributed by atoms with Crippen LogP contribution in [0.3, 0.4) is 0 Å². The molecule has 0 unspecified atom stereocenters. The van der Waals surface area contributed by atoms with E-state index in [1.165, 1.54) is 0 Å². The number of rotatable bonds is 5. The predicted molar refractivity (Wildman–Crippen MR) is 76.2 cm³/mol. The summed E-state index contributed by atoms with van der Waals surface area (Å²) in [5, 5.41) is 4.04. The molecule has 2 rings (SSSR count). The zero-order valence-corrected chi connectivity index (χ0v) is 12.8. The van der Waals surface area contributed by atoms with Gasteiger partial charge in [-0.2, -0.15) is 5.10 Å². The molecule has 0 aliphatic rings. The van der Waals surface area contributed by atoms with Crippen LogP contribution in [-0.2, 0) is 23.5 Å². The van der Waals surface area contributed by atoms with Gasteiger partial charge in [-0.15, -0.1) is 0 Å². The second kappa shape index (κ2) is 5.85. The Morgan fingerprint density at radius 3 is 2.68 bits per heavy atom. The van der Waals surface area contributed by atoms with Gasteiger partial charge in [0.1, 0.15) is 0 Å². The van der Waals surface area contributed by atoms with Gasteiger partial charge in [-0.25, -0.2) is 13.1 Å². The van der Waals surface area contributed by atoms with Crippen LogP contribution < -0.4 is 4.72 Å². The van der Waals surface area contributed by atoms with E-state index in [0.717, 1.165) is 5.69 Å². The molecule has 1 aromatic heterocycles. The summed E-state index contributed by atoms with van der Waals surface area (Å²) in [5.74, 6) is 0. The van der Waals surface area contributed by atoms with E-state index in [0.29, 0.717) is 17.4 Å². The van der Waals surface area contributed by atoms with Gasteiger partial charge in [0.2, 0.25) is 10.0 Å². The highest BCUT2D eigenvalue weighted by molar-refractivity contribution is 9.10. The van der Waals surface area contributed by atoms with Crippen LogP contribution in [0.15, 0.2) is 45.9 Å². The van der Waals surface area contributed by atoms with E-state index in [1.807, 2.05) is 13.1 Å². The summed E-state index contributed by atoms with van der Waals surface area (Å²) in [6.45, 7) is 0.337. The van der Waals surface area contributed by atoms with E-state index in [1.54, 1.807) is 35.1 Å². The van der Waals surface area contributed by atoms with Crippen LogP contribution in [0, 0.1) is 0 Å². The van der Waals surface area contributed by atoms with Crippen LogP contribution in [0.4, 0.5) is 0 Å². The van der Waals surface area contributed by atoms with Crippen molar-refractivity contribution in [3.63, 3.8) is 0 Å². The SMILES string of the molecule is Cn1nccc1CCNS(=O)(=O)c1ccccc1Br. The van der Waals surface area contributed by atoms with E-state index in [4.69, 9.17) is 0 Å². The Morgan fingerprint density at radius 1 is 1.32 bits per heavy atom. The number of hydrogen-bond acceptors (Lipinski definition) is 3. The highest BCUT2D eigenvalue weighted by atomic mass is 79.9. The summed E-state index contributed by atoms with van der Waals surface area (Å²) < 4.78 is 29.1. The number of aromatic nitrogens is 2. The molecule has 0 saturated carbocycles. The molecular formula is C12H14BrN3O2S. The minimum atomic E-state index is -3.48. The van der Waals surface area contributed by atoms with Crippen LogP contribution in [0.25, 0.3) is 0 Å². The van der Waals surface area contributed by atoms with Gasteiger partial charge in [-0.1, -0.05) is 12.1 Å². The lowest BCUT2D eigenvalue weighted by Crippen LogP contribution is -2.26. The minimum Gasteiger partial charge on any atom is -0.273 e. The third kappa shape index (κ3) is 3.43. The fourth-order valence-electron chi connectivity index (χ4n) is 1.70. The lowest BCUT2D eigenvalue weighted by Gasteiger charge is -2.08. The fourth-order valence-corrected chi connectivity index (χ4v) is 3.73. The summed E-state index contributed by atoms with van der Waals surface area (Å²) in [4.78, 5) is 0.250. The van der Waals surface area contributed by atoms with Crippen molar-refractivity contribution in [1.29, 1.82) is 0 Å². The van der Waals surface area contributed by atoms with Gasteiger partial charge in [0.25, 0.3) is 0 Å². The molecule has 0 atom stereocenters. The number of aryl methyl sites for hydroxylation is 1. The first-order valence-corrected chi connectivity index (χ1v) is 7.99. The third-order valence-corrected chi connectivity index (χ3v) is 5.19. The number of benzene rings is 1. The average Bonchev–Trinajstić information content (AvgIpc) is 2.75. The first-order valence-electron chi connectivity index (χ1n) is 5.72. The Morgan fingerprint density at radius 2 is 2.05 bits per heavy atom. The molecule has 0 spiro atoms. The van der Waals surface area contributed by atoms with Crippen molar-refractivity contribution in [1.82, 2.24) is 14.5 Å². The standard InChI is InChI=1S/C12H14BrN3O2S/c1-16-10(6-8-14-16)7-9-15-19(17,18)12-5-3-2-4-11(12)13/h2-6,8,15H,7,9H2,1H3. The first-order chi connectivity index (χ1) is 9.00. The Kier molecular flexibility index (Phi) is 4.38. The van der Waals surface area contributed by atoms with Gasteiger partial charge in [0.05, 0.1) is 4.90 Å². The topological polar surface area (TPSA) is 64.0 Å². The van der Waals surface area contributed by atoms with Gasteiger partial charge in [-0.3, -0.25) is 4.68 Å². The molecule has 5 nitrogen and oxygen atoms in total. The maximum absolute atomic E-state index is 12.1. The molecule has 0 amide bonds. The molecule has 7 heteroatoms. The van der Waals surface area contributed by atoms with Crippen LogP contribution >= 0.6 is 15.9 Å². The average molecular weight is 344 g/mol. The lowest BCUT2D eigenvalue weighted by atomic mass is 10.3. The first kappa shape index (κ1) is 14.2. The molecule has 0 aliphatic carbocycles. The van der Waals surface area contributed by atoms with Gasteiger partial charge in [0.15, 0.2) is 0 Å². The van der Waals surface area contributed by atoms with Gasteiger partial charge < -0.3 is 0 Å². The molecular weight excluding hydrogens is 330 g/mol. The van der Waals surface area contributed by atoms with Crippen LogP contribution in [0.5, 0.6) is 0 Å². The quantitative estimate of drug-likeness (QED) is 0.898. The predicted octanol–water partition coefficient (Wildman–Crippen LogP) is 1.70. The number of nitrogens with zero attached hydrogens (tertiary/aromatic N) is 2. The van der Waals surface area contributed by atoms with Crippen molar-refractivity contribution in [2.45, 2.75) is 11.3 Å². The summed E-state index contributed by atoms with van der Waals surface area (Å²) in [5.41, 5.74) is 0.981. The Bertz CT molecular complexity index is 667. The normalized spacial score (nSPS) is 11.7. The van der Waals surface area contributed by atoms with Crippen molar-refractivity contribution >= 4 is 26.0 Å². The summed E-state index contributed by atoms with van der Waals surface area (Å²) in [6, 6.07) is 8.61. The number of nitrogens with one attached hydrogen (secondary N) is 1. The maximum Gasteiger partial charge on any atom is 0.241 e. The van der Waals surface area contributed by atoms with Gasteiger partial charge >= 0.3 is 0 Å². The van der Waals surface area contributed by atoms with E-state index in [2.05, 4.69) is 25.8 Å². The van der Waals surface area contributed by atoms with Gasteiger partial charge in [0, 0.05) is 36.4 Å². The molecule has 0 radical (unpaired) electrons. The fraction of sp³-hybridized carbons (Fsp3) is 0.250. The van der Waals surface area contributed by atoms with Crippen molar-refractivity contribution in [3.05, 3.63) is 46.7 Å². The van der Waals surface area contributed by atoms with Crippen molar-refractivity contribution in [3.8, 4) is 0 Å². The van der Waals surface area contributed by atoms with Crippen LogP contribution in [0.1, 0.15) is 5.69 Å². The smallest absolute Gasteiger partial charge is 0.241 e. The highest BCUT2D eigenvalue weighted by Gasteiger charge is 2.16. The van der Waals surface area contributed by atoms with E-state index < -0.39 is 10.0 Å². The Labute approximate surface area is 120 Å². The number of sulfonamides is 1. The molecule has 0 saturated heterocycles. The monoisotopic (exact) mass is 343 g/mol. The molecule has 0 aliphatic heterocycles. The molecule has 0 fully saturated rings. The van der Waals surface area contributed by atoms with E-state index in [9.17, 15) is 8.42 Å². The van der Waals surface area contributed by atoms with E-state index in [-0.39, 0.29) is 4.90 Å². The molecule has 0 bridgehead atoms. The van der Waals surface area contributed by atoms with Crippen LogP contribution in [-0.4, -0.2) is 24.7 Å². The van der Waals surface area contributed by atoms with Crippen molar-refractivity contribution in [2.75, 3.05) is 6.54 Å². The van der Waals surface area contributed by atoms with Crippen LogP contribution in [0.2, 0.25) is 0 Å². The lowest BCUT2D eigenvalue weighted by molar-refractivity contribution is 0.579. The second-order valence-corrected chi connectivity index (χ2v) is 6.61. The number of hydrogen-bond donors (Lipinski definition) is 1. The van der Waals surface area contributed by atoms with Crippen molar-refractivity contribution in [2.24, 2.45) is 7.05 Å². The minimum absolute atomic E-state index is 0.250. The zero-order valence-electron chi connectivity index (χ0n) is 10.4. The summed E-state index contributed by atoms with van der Waals surface area (Å²) in [7, 11) is -1.65. The second-order valence-electron chi connectivity index (χ2n) is 4.02. The molecule has 1 N–H and O–H groups in total.